The molecule has 0 amide bonds. The summed E-state index contributed by atoms with van der Waals surface area (Å²) in [7, 11) is 0. The molecule has 0 aliphatic carbocycles. The van der Waals surface area contributed by atoms with Crippen LogP contribution in [0.5, 0.6) is 0 Å². The van der Waals surface area contributed by atoms with E-state index in [0.717, 1.165) is 6.42 Å². The average Bonchev–Trinajstić information content (AvgIpc) is 2.16. The Morgan fingerprint density at radius 2 is 1.65 bits per heavy atom. The number of carbonyl (C=O) groups excluding carboxylic acids is 1. The first-order valence-corrected chi connectivity index (χ1v) is 6.46. The molecule has 0 aliphatic rings. The molecular formula is C14H27NO2. The van der Waals surface area contributed by atoms with Gasteiger partial charge in [-0.15, -0.1) is 0 Å². The van der Waals surface area contributed by atoms with Gasteiger partial charge in [-0.05, 0) is 48.0 Å². The fourth-order valence-corrected chi connectivity index (χ4v) is 2.13. The van der Waals surface area contributed by atoms with Crippen molar-refractivity contribution in [2.24, 2.45) is 0 Å². The topological polar surface area (TPSA) is 29.5 Å². The fourth-order valence-electron chi connectivity index (χ4n) is 2.13. The van der Waals surface area contributed by atoms with Gasteiger partial charge in [0.1, 0.15) is 0 Å². The molecule has 0 aromatic carbocycles. The van der Waals surface area contributed by atoms with Crippen LogP contribution < -0.4 is 0 Å². The van der Waals surface area contributed by atoms with E-state index in [4.69, 9.17) is 4.74 Å². The van der Waals surface area contributed by atoms with Crippen molar-refractivity contribution >= 4 is 5.97 Å². The van der Waals surface area contributed by atoms with Crippen LogP contribution in [0.3, 0.4) is 0 Å². The highest BCUT2D eigenvalue weighted by molar-refractivity contribution is 5.87. The van der Waals surface area contributed by atoms with Gasteiger partial charge < -0.3 is 4.74 Å². The van der Waals surface area contributed by atoms with Crippen molar-refractivity contribution in [1.82, 2.24) is 4.90 Å². The van der Waals surface area contributed by atoms with Crippen molar-refractivity contribution in [3.8, 4) is 0 Å². The lowest BCUT2D eigenvalue weighted by Crippen LogP contribution is -2.45. The Morgan fingerprint density at radius 1 is 1.18 bits per heavy atom. The summed E-state index contributed by atoms with van der Waals surface area (Å²) >= 11 is 0. The van der Waals surface area contributed by atoms with Crippen LogP contribution in [0.15, 0.2) is 11.6 Å². The van der Waals surface area contributed by atoms with E-state index in [1.807, 2.05) is 19.9 Å². The van der Waals surface area contributed by atoms with Crippen LogP contribution in [0, 0.1) is 0 Å². The Labute approximate surface area is 106 Å². The molecule has 0 aromatic rings. The summed E-state index contributed by atoms with van der Waals surface area (Å²) in [4.78, 5) is 14.0. The number of carbonyl (C=O) groups is 1. The summed E-state index contributed by atoms with van der Waals surface area (Å²) in [6.07, 6.45) is 2.56. The monoisotopic (exact) mass is 241 g/mol. The van der Waals surface area contributed by atoms with E-state index in [1.54, 1.807) is 6.92 Å². The molecule has 0 aromatic heterocycles. The molecule has 0 radical (unpaired) electrons. The van der Waals surface area contributed by atoms with Crippen LogP contribution in [-0.4, -0.2) is 29.2 Å². The van der Waals surface area contributed by atoms with Crippen LogP contribution in [-0.2, 0) is 9.53 Å². The lowest BCUT2D eigenvalue weighted by atomic mass is 10.2. The molecule has 17 heavy (non-hydrogen) atoms. The highest BCUT2D eigenvalue weighted by atomic mass is 16.6. The molecule has 0 N–H and O–H groups in total. The van der Waals surface area contributed by atoms with Crippen LogP contribution >= 0.6 is 0 Å². The third-order valence-corrected chi connectivity index (χ3v) is 2.72. The van der Waals surface area contributed by atoms with Gasteiger partial charge in [0.25, 0.3) is 0 Å². The summed E-state index contributed by atoms with van der Waals surface area (Å²) < 4.78 is 5.47. The molecular weight excluding hydrogens is 214 g/mol. The molecule has 3 nitrogen and oxygen atoms in total. The van der Waals surface area contributed by atoms with Gasteiger partial charge in [-0.1, -0.05) is 13.0 Å². The summed E-state index contributed by atoms with van der Waals surface area (Å²) in [5, 5.41) is 0. The van der Waals surface area contributed by atoms with Crippen molar-refractivity contribution in [2.75, 3.05) is 0 Å². The highest BCUT2D eigenvalue weighted by Crippen LogP contribution is 2.13. The molecule has 3 heteroatoms. The Balaban J connectivity index is 4.56. The van der Waals surface area contributed by atoms with Gasteiger partial charge in [-0.25, -0.2) is 4.79 Å². The second-order valence-electron chi connectivity index (χ2n) is 4.93. The number of allylic oxidation sites excluding steroid dienone is 1. The van der Waals surface area contributed by atoms with E-state index in [1.165, 1.54) is 0 Å². The van der Waals surface area contributed by atoms with E-state index in [0.29, 0.717) is 17.7 Å². The number of nitrogens with zero attached hydrogens (tertiary/aromatic N) is 1. The maximum absolute atomic E-state index is 11.8. The van der Waals surface area contributed by atoms with Gasteiger partial charge >= 0.3 is 5.97 Å². The second-order valence-corrected chi connectivity index (χ2v) is 4.93. The molecule has 0 heterocycles. The molecule has 1 atom stereocenters. The minimum absolute atomic E-state index is 0.192. The predicted molar refractivity (Wildman–Crippen MR) is 71.7 cm³/mol. The molecule has 0 fully saturated rings. The van der Waals surface area contributed by atoms with Gasteiger partial charge in [0, 0.05) is 17.7 Å². The largest absolute Gasteiger partial charge is 0.443 e. The zero-order valence-electron chi connectivity index (χ0n) is 12.3. The third-order valence-electron chi connectivity index (χ3n) is 2.72. The maximum atomic E-state index is 11.8. The van der Waals surface area contributed by atoms with E-state index < -0.39 is 0 Å². The van der Waals surface area contributed by atoms with Crippen LogP contribution in [0.25, 0.3) is 0 Å². The van der Waals surface area contributed by atoms with Gasteiger partial charge in [-0.2, -0.15) is 0 Å². The molecule has 0 saturated carbocycles. The first-order chi connectivity index (χ1) is 7.81. The lowest BCUT2D eigenvalue weighted by Gasteiger charge is -2.35. The summed E-state index contributed by atoms with van der Waals surface area (Å²) in [6.45, 7) is 14.2. The Hall–Kier alpha value is -0.830. The van der Waals surface area contributed by atoms with Crippen molar-refractivity contribution in [2.45, 2.75) is 73.2 Å². The second kappa shape index (κ2) is 7.49. The van der Waals surface area contributed by atoms with Gasteiger partial charge in [0.05, 0.1) is 0 Å². The molecule has 100 valence electrons. The van der Waals surface area contributed by atoms with E-state index in [2.05, 4.69) is 32.6 Å². The van der Waals surface area contributed by atoms with Crippen LogP contribution in [0.2, 0.25) is 0 Å². The summed E-state index contributed by atoms with van der Waals surface area (Å²) in [5.74, 6) is -0.217. The molecule has 0 aliphatic heterocycles. The molecule has 0 bridgehead atoms. The first-order valence-electron chi connectivity index (χ1n) is 6.46. The lowest BCUT2D eigenvalue weighted by molar-refractivity contribution is -0.156. The van der Waals surface area contributed by atoms with E-state index in [9.17, 15) is 4.79 Å². The van der Waals surface area contributed by atoms with Gasteiger partial charge in [0.15, 0.2) is 6.23 Å². The van der Waals surface area contributed by atoms with Gasteiger partial charge in [0.2, 0.25) is 0 Å². The number of ether oxygens (including phenoxy) is 1. The normalized spacial score (nSPS) is 14.6. The minimum Gasteiger partial charge on any atom is -0.443 e. The molecule has 0 spiro atoms. The Kier molecular flexibility index (Phi) is 7.12. The standard InChI is InChI=1S/C14H27NO2/c1-8-9-12(6)14(16)17-13(7)15(10(2)3)11(4)5/h9-11,13H,8H2,1-7H3. The van der Waals surface area contributed by atoms with E-state index in [-0.39, 0.29) is 12.2 Å². The third kappa shape index (κ3) is 5.35. The number of hydrogen-bond donors (Lipinski definition) is 0. The smallest absolute Gasteiger partial charge is 0.334 e. The van der Waals surface area contributed by atoms with Gasteiger partial charge in [-0.3, -0.25) is 4.90 Å². The summed E-state index contributed by atoms with van der Waals surface area (Å²) in [5.41, 5.74) is 0.687. The highest BCUT2D eigenvalue weighted by Gasteiger charge is 2.23. The Bertz CT molecular complexity index is 261. The molecule has 0 rings (SSSR count). The van der Waals surface area contributed by atoms with Crippen LogP contribution in [0.4, 0.5) is 0 Å². The number of esters is 1. The van der Waals surface area contributed by atoms with E-state index >= 15 is 0 Å². The molecule has 1 unspecified atom stereocenters. The SMILES string of the molecule is CCC=C(C)C(=O)OC(C)N(C(C)C)C(C)C. The Morgan fingerprint density at radius 3 is 2.00 bits per heavy atom. The number of rotatable bonds is 6. The minimum atomic E-state index is -0.217. The van der Waals surface area contributed by atoms with Crippen molar-refractivity contribution in [3.63, 3.8) is 0 Å². The van der Waals surface area contributed by atoms with Crippen molar-refractivity contribution < 1.29 is 9.53 Å². The zero-order valence-corrected chi connectivity index (χ0v) is 12.3. The molecule has 0 saturated heterocycles. The quantitative estimate of drug-likeness (QED) is 0.406. The fraction of sp³-hybridized carbons (Fsp3) is 0.786. The zero-order chi connectivity index (χ0) is 13.6. The van der Waals surface area contributed by atoms with Crippen molar-refractivity contribution in [1.29, 1.82) is 0 Å². The maximum Gasteiger partial charge on any atom is 0.334 e. The van der Waals surface area contributed by atoms with Crippen LogP contribution in [0.1, 0.15) is 54.9 Å². The average molecular weight is 241 g/mol. The first kappa shape index (κ1) is 16.2. The number of hydrogen-bond acceptors (Lipinski definition) is 3. The van der Waals surface area contributed by atoms with Crippen molar-refractivity contribution in [3.05, 3.63) is 11.6 Å². The predicted octanol–water partition coefficient (Wildman–Crippen LogP) is 3.35. The summed E-state index contributed by atoms with van der Waals surface area (Å²) in [6, 6.07) is 0.710.